The van der Waals surface area contributed by atoms with Crippen LogP contribution in [-0.4, -0.2) is 5.78 Å². The lowest BCUT2D eigenvalue weighted by molar-refractivity contribution is 0.103. The molecule has 0 N–H and O–H groups in total. The monoisotopic (exact) mass is 348 g/mol. The van der Waals surface area contributed by atoms with Gasteiger partial charge >= 0.3 is 0 Å². The summed E-state index contributed by atoms with van der Waals surface area (Å²) in [4.78, 5) is 14.4. The molecule has 15 heavy (non-hydrogen) atoms. The summed E-state index contributed by atoms with van der Waals surface area (Å²) in [5.41, 5.74) is 1.66. The fourth-order valence-corrected chi connectivity index (χ4v) is 3.69. The lowest BCUT2D eigenvalue weighted by atomic mass is 10.1. The number of carbonyl (C=O) groups excluding carboxylic acids is 1. The molecule has 1 nitrogen and oxygen atoms in total. The Kier molecular flexibility index (Phi) is 3.27. The van der Waals surface area contributed by atoms with Crippen molar-refractivity contribution >= 4 is 51.0 Å². The first-order valence-corrected chi connectivity index (χ1v) is 7.21. The van der Waals surface area contributed by atoms with Crippen molar-refractivity contribution in [3.05, 3.63) is 41.3 Å². The highest BCUT2D eigenvalue weighted by atomic mass is 127. The zero-order valence-electron chi connectivity index (χ0n) is 8.33. The Hall–Kier alpha value is -0.200. The number of hydrogen-bond acceptors (Lipinski definition) is 3. The second-order valence-corrected chi connectivity index (χ2v) is 7.56. The molecule has 2 aromatic heterocycles. The molecule has 2 aromatic rings. The maximum Gasteiger partial charge on any atom is 0.195 e. The molecule has 0 saturated carbocycles. The molecule has 0 aliphatic carbocycles. The van der Waals surface area contributed by atoms with Crippen LogP contribution in [0.5, 0.6) is 0 Å². The first-order valence-electron chi connectivity index (χ1n) is 4.43. The molecular weight excluding hydrogens is 339 g/mol. The van der Waals surface area contributed by atoms with Crippen LogP contribution in [-0.2, 0) is 0 Å². The third-order valence-electron chi connectivity index (χ3n) is 2.12. The molecule has 78 valence electrons. The van der Waals surface area contributed by atoms with Crippen LogP contribution in [0.2, 0.25) is 0 Å². The predicted octanol–water partition coefficient (Wildman–Crippen LogP) is 4.26. The largest absolute Gasteiger partial charge is 0.289 e. The standard InChI is InChI=1S/C11H9IOS2/c1-6-3-9(7(2)15-6)11(13)8-4-10(12)14-5-8/h3-5H,1-2H3. The number of ketones is 1. The maximum atomic E-state index is 12.1. The number of aryl methyl sites for hydroxylation is 2. The Balaban J connectivity index is 2.40. The van der Waals surface area contributed by atoms with E-state index < -0.39 is 0 Å². The molecule has 0 radical (unpaired) electrons. The summed E-state index contributed by atoms with van der Waals surface area (Å²) in [6.45, 7) is 4.04. The van der Waals surface area contributed by atoms with Crippen LogP contribution in [0, 0.1) is 16.7 Å². The summed E-state index contributed by atoms with van der Waals surface area (Å²) >= 11 is 5.53. The Morgan fingerprint density at radius 3 is 2.53 bits per heavy atom. The minimum absolute atomic E-state index is 0.149. The normalized spacial score (nSPS) is 10.6. The van der Waals surface area contributed by atoms with Crippen LogP contribution < -0.4 is 0 Å². The molecular formula is C11H9IOS2. The molecule has 0 spiro atoms. The zero-order chi connectivity index (χ0) is 11.0. The van der Waals surface area contributed by atoms with Gasteiger partial charge in [-0.2, -0.15) is 0 Å². The van der Waals surface area contributed by atoms with Gasteiger partial charge in [0.15, 0.2) is 5.78 Å². The van der Waals surface area contributed by atoms with E-state index in [9.17, 15) is 4.79 Å². The Morgan fingerprint density at radius 1 is 1.33 bits per heavy atom. The van der Waals surface area contributed by atoms with Crippen LogP contribution in [0.1, 0.15) is 25.7 Å². The fraction of sp³-hybridized carbons (Fsp3) is 0.182. The van der Waals surface area contributed by atoms with Gasteiger partial charge < -0.3 is 0 Å². The van der Waals surface area contributed by atoms with Crippen LogP contribution in [0.4, 0.5) is 0 Å². The van der Waals surface area contributed by atoms with E-state index in [4.69, 9.17) is 0 Å². The van der Waals surface area contributed by atoms with Gasteiger partial charge in [-0.25, -0.2) is 0 Å². The van der Waals surface area contributed by atoms with E-state index in [1.165, 1.54) is 4.88 Å². The zero-order valence-corrected chi connectivity index (χ0v) is 12.1. The van der Waals surface area contributed by atoms with Gasteiger partial charge in [-0.1, -0.05) is 0 Å². The van der Waals surface area contributed by atoms with Crippen molar-refractivity contribution < 1.29 is 4.79 Å². The minimum Gasteiger partial charge on any atom is -0.289 e. The van der Waals surface area contributed by atoms with Crippen molar-refractivity contribution in [3.8, 4) is 0 Å². The molecule has 0 atom stereocenters. The van der Waals surface area contributed by atoms with Gasteiger partial charge in [-0.05, 0) is 48.6 Å². The number of carbonyl (C=O) groups is 1. The van der Waals surface area contributed by atoms with E-state index in [-0.39, 0.29) is 5.78 Å². The van der Waals surface area contributed by atoms with Crippen molar-refractivity contribution in [2.75, 3.05) is 0 Å². The van der Waals surface area contributed by atoms with Gasteiger partial charge in [0.1, 0.15) is 0 Å². The highest BCUT2D eigenvalue weighted by Gasteiger charge is 2.15. The summed E-state index contributed by atoms with van der Waals surface area (Å²) in [5.74, 6) is 0.149. The summed E-state index contributed by atoms with van der Waals surface area (Å²) in [6.07, 6.45) is 0. The van der Waals surface area contributed by atoms with Crippen LogP contribution >= 0.6 is 45.3 Å². The van der Waals surface area contributed by atoms with Gasteiger partial charge in [0.2, 0.25) is 0 Å². The van der Waals surface area contributed by atoms with E-state index in [0.29, 0.717) is 0 Å². The molecule has 2 rings (SSSR count). The maximum absolute atomic E-state index is 12.1. The summed E-state index contributed by atoms with van der Waals surface area (Å²) in [5, 5.41) is 1.93. The Bertz CT molecular complexity index is 510. The highest BCUT2D eigenvalue weighted by Crippen LogP contribution is 2.25. The molecule has 0 aliphatic rings. The van der Waals surface area contributed by atoms with Crippen molar-refractivity contribution in [2.45, 2.75) is 13.8 Å². The molecule has 0 amide bonds. The van der Waals surface area contributed by atoms with Crippen molar-refractivity contribution in [1.82, 2.24) is 0 Å². The van der Waals surface area contributed by atoms with Gasteiger partial charge in [0.05, 0.1) is 2.88 Å². The second-order valence-electron chi connectivity index (χ2n) is 3.30. The van der Waals surface area contributed by atoms with E-state index in [0.717, 1.165) is 18.9 Å². The topological polar surface area (TPSA) is 17.1 Å². The van der Waals surface area contributed by atoms with Crippen molar-refractivity contribution in [1.29, 1.82) is 0 Å². The average molecular weight is 348 g/mol. The van der Waals surface area contributed by atoms with E-state index in [2.05, 4.69) is 22.6 Å². The van der Waals surface area contributed by atoms with Crippen molar-refractivity contribution in [3.63, 3.8) is 0 Å². The Morgan fingerprint density at radius 2 is 2.07 bits per heavy atom. The molecule has 4 heteroatoms. The van der Waals surface area contributed by atoms with Gasteiger partial charge in [0.25, 0.3) is 0 Å². The summed E-state index contributed by atoms with van der Waals surface area (Å²) < 4.78 is 1.15. The number of hydrogen-bond donors (Lipinski definition) is 0. The van der Waals surface area contributed by atoms with Crippen molar-refractivity contribution in [2.24, 2.45) is 0 Å². The predicted molar refractivity (Wildman–Crippen MR) is 74.3 cm³/mol. The lowest BCUT2D eigenvalue weighted by Crippen LogP contribution is -1.99. The van der Waals surface area contributed by atoms with Gasteiger partial charge in [-0.15, -0.1) is 22.7 Å². The molecule has 0 aliphatic heterocycles. The smallest absolute Gasteiger partial charge is 0.195 e. The number of halogens is 1. The first kappa shape index (κ1) is 11.3. The third-order valence-corrected chi connectivity index (χ3v) is 4.87. The van der Waals surface area contributed by atoms with Crippen LogP contribution in [0.3, 0.4) is 0 Å². The molecule has 0 bridgehead atoms. The molecule has 0 fully saturated rings. The van der Waals surface area contributed by atoms with E-state index in [1.807, 2.05) is 31.4 Å². The van der Waals surface area contributed by atoms with Gasteiger partial charge in [0, 0.05) is 26.3 Å². The molecule has 2 heterocycles. The fourth-order valence-electron chi connectivity index (χ4n) is 1.44. The highest BCUT2D eigenvalue weighted by molar-refractivity contribution is 14.1. The van der Waals surface area contributed by atoms with Crippen LogP contribution in [0.15, 0.2) is 17.5 Å². The minimum atomic E-state index is 0.149. The van der Waals surface area contributed by atoms with E-state index in [1.54, 1.807) is 22.7 Å². The SMILES string of the molecule is Cc1cc(C(=O)c2csc(I)c2)c(C)s1. The van der Waals surface area contributed by atoms with Crippen LogP contribution in [0.25, 0.3) is 0 Å². The van der Waals surface area contributed by atoms with Gasteiger partial charge in [-0.3, -0.25) is 4.79 Å². The second kappa shape index (κ2) is 4.35. The molecule has 0 saturated heterocycles. The summed E-state index contributed by atoms with van der Waals surface area (Å²) in [6, 6.07) is 3.92. The Labute approximate surface area is 110 Å². The number of thiophene rings is 2. The average Bonchev–Trinajstić information content (AvgIpc) is 2.71. The molecule has 0 unspecified atom stereocenters. The first-order chi connectivity index (χ1) is 7.08. The number of rotatable bonds is 2. The molecule has 0 aromatic carbocycles. The third kappa shape index (κ3) is 2.32. The lowest BCUT2D eigenvalue weighted by Gasteiger charge is -1.95. The van der Waals surface area contributed by atoms with E-state index >= 15 is 0 Å². The quantitative estimate of drug-likeness (QED) is 0.585. The summed E-state index contributed by atoms with van der Waals surface area (Å²) in [7, 11) is 0.